The first-order valence-electron chi connectivity index (χ1n) is 9.49. The van der Waals surface area contributed by atoms with E-state index in [1.54, 1.807) is 0 Å². The molecule has 2 aromatic rings. The van der Waals surface area contributed by atoms with E-state index in [0.29, 0.717) is 31.1 Å². The van der Waals surface area contributed by atoms with Crippen molar-refractivity contribution in [2.45, 2.75) is 43.2 Å². The smallest absolute Gasteiger partial charge is 0.225 e. The van der Waals surface area contributed by atoms with Gasteiger partial charge >= 0.3 is 0 Å². The maximum atomic E-state index is 12.9. The Morgan fingerprint density at radius 1 is 1.22 bits per heavy atom. The van der Waals surface area contributed by atoms with Gasteiger partial charge in [-0.15, -0.1) is 11.3 Å². The Balaban J connectivity index is 1.54. The maximum absolute atomic E-state index is 12.9. The van der Waals surface area contributed by atoms with Gasteiger partial charge in [0, 0.05) is 35.8 Å². The van der Waals surface area contributed by atoms with Crippen LogP contribution in [0.15, 0.2) is 35.7 Å². The number of carbonyl (C=O) groups excluding carboxylic acids is 1. The van der Waals surface area contributed by atoms with Crippen molar-refractivity contribution >= 4 is 22.4 Å². The van der Waals surface area contributed by atoms with Gasteiger partial charge in [0.25, 0.3) is 0 Å². The number of rotatable bonds is 3. The predicted molar refractivity (Wildman–Crippen MR) is 106 cm³/mol. The predicted octanol–water partition coefficient (Wildman–Crippen LogP) is 1.73. The highest BCUT2D eigenvalue weighted by Gasteiger charge is 2.43. The minimum atomic E-state index is -0.565. The number of nitrogens with zero attached hydrogens (tertiary/aromatic N) is 2. The molecule has 5 N–H and O–H groups in total. The first-order valence-corrected chi connectivity index (χ1v) is 10.4. The van der Waals surface area contributed by atoms with Crippen molar-refractivity contribution in [1.29, 1.82) is 0 Å². The van der Waals surface area contributed by atoms with Gasteiger partial charge in [0.2, 0.25) is 5.91 Å². The number of hydrogen-bond acceptors (Lipinski definition) is 6. The molecule has 2 fully saturated rings. The van der Waals surface area contributed by atoms with E-state index in [0.717, 1.165) is 18.5 Å². The molecule has 1 saturated heterocycles. The summed E-state index contributed by atoms with van der Waals surface area (Å²) >= 11 is 1.46. The fraction of sp³-hybridized carbons (Fsp3) is 0.500. The van der Waals surface area contributed by atoms with E-state index in [-0.39, 0.29) is 23.3 Å². The summed E-state index contributed by atoms with van der Waals surface area (Å²) < 4.78 is 0. The zero-order valence-electron chi connectivity index (χ0n) is 15.3. The van der Waals surface area contributed by atoms with Gasteiger partial charge in [-0.25, -0.2) is 4.98 Å². The number of anilines is 1. The van der Waals surface area contributed by atoms with Crippen LogP contribution in [0.5, 0.6) is 0 Å². The van der Waals surface area contributed by atoms with Crippen LogP contribution in [0.4, 0.5) is 5.13 Å². The first-order chi connectivity index (χ1) is 13.0. The van der Waals surface area contributed by atoms with Crippen molar-refractivity contribution in [2.24, 2.45) is 11.7 Å². The molecule has 144 valence electrons. The van der Waals surface area contributed by atoms with Crippen molar-refractivity contribution in [3.05, 3.63) is 47.0 Å². The Kier molecular flexibility index (Phi) is 4.92. The summed E-state index contributed by atoms with van der Waals surface area (Å²) in [6.45, 7) is 1.35. The summed E-state index contributed by atoms with van der Waals surface area (Å²) in [6, 6.07) is 10.1. The lowest BCUT2D eigenvalue weighted by molar-refractivity contribution is -0.137. The fourth-order valence-corrected chi connectivity index (χ4v) is 5.24. The number of thiazole rings is 1. The van der Waals surface area contributed by atoms with E-state index < -0.39 is 6.10 Å². The molecule has 7 heteroatoms. The molecule has 1 aromatic carbocycles. The summed E-state index contributed by atoms with van der Waals surface area (Å²) in [4.78, 5) is 19.4. The van der Waals surface area contributed by atoms with E-state index >= 15 is 0 Å². The van der Waals surface area contributed by atoms with Crippen LogP contribution in [0.2, 0.25) is 0 Å². The molecule has 27 heavy (non-hydrogen) atoms. The average molecular weight is 387 g/mol. The number of amides is 1. The number of piperidine rings is 1. The van der Waals surface area contributed by atoms with Crippen LogP contribution in [0.3, 0.4) is 0 Å². The third kappa shape index (κ3) is 3.35. The molecule has 1 aliphatic heterocycles. The summed E-state index contributed by atoms with van der Waals surface area (Å²) in [6.07, 6.45) is 2.11. The molecule has 2 aliphatic rings. The van der Waals surface area contributed by atoms with E-state index in [1.807, 2.05) is 28.5 Å². The average Bonchev–Trinajstić information content (AvgIpc) is 3.28. The van der Waals surface area contributed by atoms with Gasteiger partial charge < -0.3 is 21.5 Å². The highest BCUT2D eigenvalue weighted by Crippen LogP contribution is 2.43. The lowest BCUT2D eigenvalue weighted by Crippen LogP contribution is -2.47. The van der Waals surface area contributed by atoms with Gasteiger partial charge in [0.1, 0.15) is 0 Å². The van der Waals surface area contributed by atoms with Crippen molar-refractivity contribution in [3.8, 4) is 0 Å². The molecule has 0 bridgehead atoms. The Labute approximate surface area is 163 Å². The number of aliphatic hydroxyl groups is 1. The highest BCUT2D eigenvalue weighted by molar-refractivity contribution is 7.13. The van der Waals surface area contributed by atoms with Gasteiger partial charge in [-0.1, -0.05) is 30.3 Å². The molecule has 0 radical (unpaired) electrons. The molecule has 3 atom stereocenters. The van der Waals surface area contributed by atoms with Crippen LogP contribution < -0.4 is 11.5 Å². The monoisotopic (exact) mass is 386 g/mol. The van der Waals surface area contributed by atoms with Crippen LogP contribution in [-0.4, -0.2) is 46.1 Å². The Morgan fingerprint density at radius 3 is 2.48 bits per heavy atom. The second kappa shape index (κ2) is 7.22. The van der Waals surface area contributed by atoms with Crippen LogP contribution in [-0.2, 0) is 10.2 Å². The van der Waals surface area contributed by atoms with E-state index in [4.69, 9.17) is 11.5 Å². The molecule has 4 rings (SSSR count). The van der Waals surface area contributed by atoms with Crippen molar-refractivity contribution in [1.82, 2.24) is 9.88 Å². The molecule has 2 heterocycles. The Morgan fingerprint density at radius 2 is 1.93 bits per heavy atom. The Hall–Kier alpha value is -1.96. The third-order valence-electron chi connectivity index (χ3n) is 6.19. The van der Waals surface area contributed by atoms with Crippen molar-refractivity contribution in [2.75, 3.05) is 18.8 Å². The topological polar surface area (TPSA) is 105 Å². The number of carbonyl (C=O) groups is 1. The molecular formula is C20H26N4O2S. The van der Waals surface area contributed by atoms with Crippen LogP contribution in [0.25, 0.3) is 0 Å². The summed E-state index contributed by atoms with van der Waals surface area (Å²) in [7, 11) is 0. The standard InChI is InChI=1S/C20H26N4O2S/c21-15-10-13(11-16(15)25)18(26)24-8-6-20(7-9-24,14-4-2-1-3-5-14)17-12-27-19(22)23-17/h1-5,12-13,15-16,25H,6-11,21H2,(H2,22,23)/t13-,15+,16+/m0/s1. The zero-order valence-corrected chi connectivity index (χ0v) is 16.1. The van der Waals surface area contributed by atoms with Crippen molar-refractivity contribution < 1.29 is 9.90 Å². The minimum absolute atomic E-state index is 0.126. The molecular weight excluding hydrogens is 360 g/mol. The molecule has 1 amide bonds. The quantitative estimate of drug-likeness (QED) is 0.745. The molecule has 1 saturated carbocycles. The number of aromatic nitrogens is 1. The number of nitrogens with two attached hydrogens (primary N) is 2. The molecule has 1 aliphatic carbocycles. The second-order valence-electron chi connectivity index (χ2n) is 7.74. The van der Waals surface area contributed by atoms with Gasteiger partial charge in [0.15, 0.2) is 5.13 Å². The maximum Gasteiger partial charge on any atom is 0.225 e. The fourth-order valence-electron chi connectivity index (χ4n) is 4.57. The highest BCUT2D eigenvalue weighted by atomic mass is 32.1. The molecule has 1 aromatic heterocycles. The lowest BCUT2D eigenvalue weighted by Gasteiger charge is -2.42. The van der Waals surface area contributed by atoms with Gasteiger partial charge in [-0.2, -0.15) is 0 Å². The number of likely N-dealkylation sites (tertiary alicyclic amines) is 1. The van der Waals surface area contributed by atoms with Crippen LogP contribution >= 0.6 is 11.3 Å². The summed E-state index contributed by atoms with van der Waals surface area (Å²) in [5.74, 6) is -0.0319. The summed E-state index contributed by atoms with van der Waals surface area (Å²) in [5, 5.41) is 12.5. The molecule has 6 nitrogen and oxygen atoms in total. The molecule has 0 unspecified atom stereocenters. The first kappa shape index (κ1) is 18.4. The number of nitrogen functional groups attached to an aromatic ring is 1. The van der Waals surface area contributed by atoms with Gasteiger partial charge in [-0.3, -0.25) is 4.79 Å². The largest absolute Gasteiger partial charge is 0.391 e. The Bertz CT molecular complexity index is 791. The van der Waals surface area contributed by atoms with Crippen LogP contribution in [0, 0.1) is 5.92 Å². The van der Waals surface area contributed by atoms with Crippen LogP contribution in [0.1, 0.15) is 36.9 Å². The normalized spacial score (nSPS) is 27.6. The van der Waals surface area contributed by atoms with E-state index in [9.17, 15) is 9.90 Å². The SMILES string of the molecule is Nc1nc(C2(c3ccccc3)CCN(C(=O)[C@H]3C[C@@H](N)[C@H](O)C3)CC2)cs1. The number of hydrogen-bond donors (Lipinski definition) is 3. The van der Waals surface area contributed by atoms with E-state index in [1.165, 1.54) is 16.9 Å². The molecule has 0 spiro atoms. The van der Waals surface area contributed by atoms with E-state index in [2.05, 4.69) is 17.1 Å². The van der Waals surface area contributed by atoms with Crippen molar-refractivity contribution in [3.63, 3.8) is 0 Å². The third-order valence-corrected chi connectivity index (χ3v) is 6.87. The second-order valence-corrected chi connectivity index (χ2v) is 8.63. The van der Waals surface area contributed by atoms with Gasteiger partial charge in [-0.05, 0) is 31.2 Å². The lowest BCUT2D eigenvalue weighted by atomic mass is 9.70. The number of aliphatic hydroxyl groups excluding tert-OH is 1. The number of benzene rings is 1. The zero-order chi connectivity index (χ0) is 19.0. The minimum Gasteiger partial charge on any atom is -0.391 e. The summed E-state index contributed by atoms with van der Waals surface area (Å²) in [5.41, 5.74) is 13.8. The van der Waals surface area contributed by atoms with Gasteiger partial charge in [0.05, 0.1) is 11.8 Å².